The largest absolute Gasteiger partial charge is 0.372 e. The number of hydrogen-bond acceptors (Lipinski definition) is 7. The molecule has 158 valence electrons. The molecule has 4 aliphatic rings. The number of carbonyl (C=O) groups is 4. The first-order chi connectivity index (χ1) is 14.4. The third-order valence-electron chi connectivity index (χ3n) is 6.83. The third-order valence-corrected chi connectivity index (χ3v) is 6.83. The molecule has 0 bridgehead atoms. The summed E-state index contributed by atoms with van der Waals surface area (Å²) in [6.45, 7) is 3.52. The number of fused-ring (bicyclic) bond motifs is 2. The number of ether oxygens (including phenoxy) is 1. The Morgan fingerprint density at radius 3 is 2.67 bits per heavy atom. The van der Waals surface area contributed by atoms with Crippen LogP contribution in [0.1, 0.15) is 45.5 Å². The summed E-state index contributed by atoms with van der Waals surface area (Å²) in [5.41, 5.74) is 7.25. The molecule has 0 saturated carbocycles. The fourth-order valence-electron chi connectivity index (χ4n) is 5.26. The third kappa shape index (κ3) is 2.88. The molecule has 0 radical (unpaired) electrons. The number of nitrogens with zero attached hydrogens (tertiary/aromatic N) is 2. The van der Waals surface area contributed by atoms with Gasteiger partial charge in [0.2, 0.25) is 11.8 Å². The number of imide groups is 2. The van der Waals surface area contributed by atoms with E-state index in [0.29, 0.717) is 30.1 Å². The summed E-state index contributed by atoms with van der Waals surface area (Å²) < 4.78 is 5.95. The number of carbonyl (C=O) groups excluding carboxylic acids is 4. The van der Waals surface area contributed by atoms with Gasteiger partial charge < -0.3 is 10.5 Å². The lowest BCUT2D eigenvalue weighted by molar-refractivity contribution is -0.136. The number of benzene rings is 1. The highest BCUT2D eigenvalue weighted by Crippen LogP contribution is 2.39. The summed E-state index contributed by atoms with van der Waals surface area (Å²) in [5, 5.41) is 2.21. The van der Waals surface area contributed by atoms with Gasteiger partial charge in [0.05, 0.1) is 16.7 Å². The highest BCUT2D eigenvalue weighted by atomic mass is 16.5. The first kappa shape index (κ1) is 19.3. The maximum absolute atomic E-state index is 13.0. The predicted octanol–water partition coefficient (Wildman–Crippen LogP) is -0.363. The second-order valence-electron chi connectivity index (χ2n) is 8.60. The van der Waals surface area contributed by atoms with Gasteiger partial charge in [-0.25, -0.2) is 0 Å². The van der Waals surface area contributed by atoms with Gasteiger partial charge in [-0.15, -0.1) is 0 Å². The Hall–Kier alpha value is -2.62. The average molecular weight is 412 g/mol. The van der Waals surface area contributed by atoms with E-state index in [1.54, 1.807) is 12.1 Å². The van der Waals surface area contributed by atoms with E-state index in [0.717, 1.165) is 36.6 Å². The van der Waals surface area contributed by atoms with E-state index in [9.17, 15) is 19.2 Å². The van der Waals surface area contributed by atoms with Crippen molar-refractivity contribution >= 4 is 23.6 Å². The van der Waals surface area contributed by atoms with Crippen LogP contribution in [0.15, 0.2) is 18.2 Å². The van der Waals surface area contributed by atoms with Crippen molar-refractivity contribution in [1.82, 2.24) is 15.1 Å². The molecule has 0 aliphatic carbocycles. The van der Waals surface area contributed by atoms with Crippen LogP contribution in [0, 0.1) is 5.92 Å². The minimum atomic E-state index is -0.946. The Bertz CT molecular complexity index is 963. The van der Waals surface area contributed by atoms with Crippen molar-refractivity contribution in [2.24, 2.45) is 11.7 Å². The smallest absolute Gasteiger partial charge is 0.262 e. The first-order valence-electron chi connectivity index (χ1n) is 10.3. The molecule has 4 amide bonds. The van der Waals surface area contributed by atoms with Crippen molar-refractivity contribution in [3.63, 3.8) is 0 Å². The quantitative estimate of drug-likeness (QED) is 0.648. The van der Waals surface area contributed by atoms with E-state index in [1.165, 1.54) is 0 Å². The summed E-state index contributed by atoms with van der Waals surface area (Å²) in [7, 11) is 0. The highest BCUT2D eigenvalue weighted by Gasteiger charge is 2.50. The predicted molar refractivity (Wildman–Crippen MR) is 104 cm³/mol. The molecule has 1 aromatic carbocycles. The molecular weight excluding hydrogens is 388 g/mol. The molecule has 30 heavy (non-hydrogen) atoms. The number of nitrogens with two attached hydrogens (primary N) is 1. The van der Waals surface area contributed by atoms with Gasteiger partial charge in [-0.2, -0.15) is 0 Å². The average Bonchev–Trinajstić information content (AvgIpc) is 3.33. The Balaban J connectivity index is 1.34. The molecule has 4 aliphatic heterocycles. The molecule has 3 atom stereocenters. The lowest BCUT2D eigenvalue weighted by Gasteiger charge is -2.27. The molecule has 9 nitrogen and oxygen atoms in total. The van der Waals surface area contributed by atoms with Gasteiger partial charge in [0, 0.05) is 45.1 Å². The zero-order valence-corrected chi connectivity index (χ0v) is 16.6. The number of amides is 4. The Morgan fingerprint density at radius 2 is 1.93 bits per heavy atom. The van der Waals surface area contributed by atoms with Crippen molar-refractivity contribution in [3.05, 3.63) is 34.9 Å². The van der Waals surface area contributed by atoms with E-state index in [-0.39, 0.29) is 24.3 Å². The zero-order chi connectivity index (χ0) is 21.0. The number of rotatable bonds is 4. The Morgan fingerprint density at radius 1 is 1.13 bits per heavy atom. The van der Waals surface area contributed by atoms with Gasteiger partial charge in [-0.1, -0.05) is 6.07 Å². The molecule has 1 unspecified atom stereocenters. The number of hydrogen-bond donors (Lipinski definition) is 2. The van der Waals surface area contributed by atoms with Gasteiger partial charge in [-0.3, -0.25) is 34.3 Å². The zero-order valence-electron chi connectivity index (χ0n) is 16.6. The van der Waals surface area contributed by atoms with E-state index in [4.69, 9.17) is 10.5 Å². The second kappa shape index (κ2) is 6.97. The molecular formula is C21H24N4O5. The van der Waals surface area contributed by atoms with Crippen LogP contribution in [0.4, 0.5) is 0 Å². The monoisotopic (exact) mass is 412 g/mol. The van der Waals surface area contributed by atoms with E-state index < -0.39 is 23.8 Å². The lowest BCUT2D eigenvalue weighted by atomic mass is 9.91. The van der Waals surface area contributed by atoms with Gasteiger partial charge >= 0.3 is 0 Å². The number of nitrogens with one attached hydrogen (secondary N) is 1. The summed E-state index contributed by atoms with van der Waals surface area (Å²) in [4.78, 5) is 52.6. The van der Waals surface area contributed by atoms with Crippen molar-refractivity contribution in [2.45, 2.75) is 37.5 Å². The fourth-order valence-corrected chi connectivity index (χ4v) is 5.26. The minimum absolute atomic E-state index is 0.107. The van der Waals surface area contributed by atoms with Gasteiger partial charge in [0.15, 0.2) is 0 Å². The summed E-state index contributed by atoms with van der Waals surface area (Å²) in [5.74, 6) is -1.53. The molecule has 3 fully saturated rings. The molecule has 0 spiro atoms. The van der Waals surface area contributed by atoms with E-state index in [2.05, 4.69) is 10.2 Å². The van der Waals surface area contributed by atoms with Gasteiger partial charge in [0.1, 0.15) is 6.04 Å². The van der Waals surface area contributed by atoms with Crippen molar-refractivity contribution in [2.75, 3.05) is 26.2 Å². The van der Waals surface area contributed by atoms with Crippen LogP contribution < -0.4 is 11.1 Å². The van der Waals surface area contributed by atoms with Crippen molar-refractivity contribution in [3.8, 4) is 0 Å². The highest BCUT2D eigenvalue weighted by molar-refractivity contribution is 6.23. The fraction of sp³-hybridized carbons (Fsp3) is 0.524. The summed E-state index contributed by atoms with van der Waals surface area (Å²) >= 11 is 0. The van der Waals surface area contributed by atoms with Crippen LogP contribution in [-0.4, -0.2) is 71.3 Å². The van der Waals surface area contributed by atoms with Gasteiger partial charge in [-0.05, 0) is 30.5 Å². The normalized spacial score (nSPS) is 31.3. The maximum Gasteiger partial charge on any atom is 0.262 e. The van der Waals surface area contributed by atoms with Gasteiger partial charge in [0.25, 0.3) is 11.8 Å². The summed E-state index contributed by atoms with van der Waals surface area (Å²) in [6.07, 6.45) is 1.27. The first-order valence-corrected chi connectivity index (χ1v) is 10.3. The SMILES string of the molecule is NC[C@]12CN(Cc3ccc4c(c3)C(=O)N(C3CCC(=O)NC3=O)C4=O)C[C@H]1CCO2. The Kier molecular flexibility index (Phi) is 4.49. The topological polar surface area (TPSA) is 122 Å². The number of likely N-dealkylation sites (tertiary alicyclic amines) is 1. The Labute approximate surface area is 173 Å². The minimum Gasteiger partial charge on any atom is -0.372 e. The van der Waals surface area contributed by atoms with Crippen LogP contribution in [0.2, 0.25) is 0 Å². The van der Waals surface area contributed by atoms with Crippen LogP contribution in [0.25, 0.3) is 0 Å². The molecule has 4 heterocycles. The van der Waals surface area contributed by atoms with Crippen LogP contribution >= 0.6 is 0 Å². The summed E-state index contributed by atoms with van der Waals surface area (Å²) in [6, 6.07) is 4.30. The molecule has 5 rings (SSSR count). The molecule has 3 N–H and O–H groups in total. The lowest BCUT2D eigenvalue weighted by Crippen LogP contribution is -2.54. The van der Waals surface area contributed by atoms with Crippen molar-refractivity contribution in [1.29, 1.82) is 0 Å². The van der Waals surface area contributed by atoms with Crippen LogP contribution in [-0.2, 0) is 20.9 Å². The van der Waals surface area contributed by atoms with E-state index in [1.807, 2.05) is 6.07 Å². The standard InChI is InChI=1S/C21H24N4O5/c22-10-21-11-24(9-13(21)5-6-30-21)8-12-1-2-14-15(7-12)20(29)25(19(14)28)16-3-4-17(26)23-18(16)27/h1-2,7,13,16H,3-6,8-11,22H2,(H,23,26,27)/t13-,16?,21+/m1/s1. The van der Waals surface area contributed by atoms with Crippen LogP contribution in [0.3, 0.4) is 0 Å². The second-order valence-corrected chi connectivity index (χ2v) is 8.60. The molecule has 3 saturated heterocycles. The molecule has 0 aromatic heterocycles. The van der Waals surface area contributed by atoms with Crippen molar-refractivity contribution < 1.29 is 23.9 Å². The van der Waals surface area contributed by atoms with Crippen LogP contribution in [0.5, 0.6) is 0 Å². The molecule has 9 heteroatoms. The number of piperidine rings is 1. The van der Waals surface area contributed by atoms with E-state index >= 15 is 0 Å². The molecule has 1 aromatic rings. The maximum atomic E-state index is 13.0.